The van der Waals surface area contributed by atoms with E-state index in [-0.39, 0.29) is 36.6 Å². The number of benzene rings is 1. The number of rotatable bonds is 8. The molecule has 0 bridgehead atoms. The predicted molar refractivity (Wildman–Crippen MR) is 106 cm³/mol. The molecule has 0 spiro atoms. The topological polar surface area (TPSA) is 92.8 Å². The first kappa shape index (κ1) is 21.0. The van der Waals surface area contributed by atoms with Gasteiger partial charge in [0.1, 0.15) is 0 Å². The van der Waals surface area contributed by atoms with Crippen LogP contribution in [0.25, 0.3) is 0 Å². The fourth-order valence-electron chi connectivity index (χ4n) is 3.56. The number of fused-ring (bicyclic) bond motifs is 1. The molecular weight excluding hydrogens is 396 g/mol. The quantitative estimate of drug-likeness (QED) is 0.395. The Morgan fingerprint density at radius 2 is 1.69 bits per heavy atom. The average molecular weight is 419 g/mol. The molecular formula is C21H23ClN2O5. The molecule has 0 saturated carbocycles. The number of carbonyl (C=O) groups excluding carboxylic acids is 4. The zero-order chi connectivity index (χ0) is 20.8. The number of hydrogen-bond acceptors (Lipinski definition) is 5. The Balaban J connectivity index is 1.33. The number of ether oxygens (including phenoxy) is 1. The third-order valence-electron chi connectivity index (χ3n) is 5.15. The zero-order valence-corrected chi connectivity index (χ0v) is 16.7. The van der Waals surface area contributed by atoms with Crippen molar-refractivity contribution in [1.82, 2.24) is 10.2 Å². The third kappa shape index (κ3) is 5.44. The lowest BCUT2D eigenvalue weighted by Gasteiger charge is -2.14. The molecule has 3 amide bonds. The lowest BCUT2D eigenvalue weighted by molar-refractivity contribution is -0.149. The minimum absolute atomic E-state index is 0.0122. The summed E-state index contributed by atoms with van der Waals surface area (Å²) in [7, 11) is 0. The number of imide groups is 1. The number of nitrogens with one attached hydrogen (secondary N) is 1. The van der Waals surface area contributed by atoms with Crippen molar-refractivity contribution >= 4 is 35.3 Å². The Bertz CT molecular complexity index is 795. The van der Waals surface area contributed by atoms with Crippen LogP contribution in [0.5, 0.6) is 0 Å². The number of carbonyl (C=O) groups is 4. The van der Waals surface area contributed by atoms with Gasteiger partial charge in [0.15, 0.2) is 6.61 Å². The van der Waals surface area contributed by atoms with Gasteiger partial charge in [-0.1, -0.05) is 35.9 Å². The largest absolute Gasteiger partial charge is 0.456 e. The standard InChI is InChI=1S/C21H23ClN2O5/c22-15-7-5-14(6-8-15)9-11-23-18(25)13-29-19(26)10-12-24-20(27)16-3-1-2-4-17(16)21(24)28/h1-2,5-8,16-17H,3-4,9-13H2,(H,23,25)/t16-,17-/m1/s1. The number of allylic oxidation sites excluding steroid dienone is 2. The van der Waals surface area contributed by atoms with E-state index in [0.717, 1.165) is 10.5 Å². The molecule has 1 heterocycles. The Hall–Kier alpha value is -2.67. The van der Waals surface area contributed by atoms with Crippen LogP contribution in [0, 0.1) is 11.8 Å². The SMILES string of the molecule is O=C(COC(=O)CCN1C(=O)[C@@H]2CC=CC[C@H]2C1=O)NCCc1ccc(Cl)cc1. The van der Waals surface area contributed by atoms with Gasteiger partial charge in [0.05, 0.1) is 18.3 Å². The second-order valence-corrected chi connectivity index (χ2v) is 7.56. The van der Waals surface area contributed by atoms with Crippen LogP contribution >= 0.6 is 11.6 Å². The first-order valence-electron chi connectivity index (χ1n) is 9.62. The van der Waals surface area contributed by atoms with E-state index in [4.69, 9.17) is 16.3 Å². The van der Waals surface area contributed by atoms with E-state index >= 15 is 0 Å². The molecule has 2 aliphatic rings. The Kier molecular flexibility index (Phi) is 7.04. The van der Waals surface area contributed by atoms with Gasteiger partial charge in [0.25, 0.3) is 5.91 Å². The summed E-state index contributed by atoms with van der Waals surface area (Å²) >= 11 is 5.82. The first-order chi connectivity index (χ1) is 14.0. The van der Waals surface area contributed by atoms with Gasteiger partial charge in [-0.15, -0.1) is 0 Å². The monoisotopic (exact) mass is 418 g/mol. The van der Waals surface area contributed by atoms with Gasteiger partial charge >= 0.3 is 5.97 Å². The van der Waals surface area contributed by atoms with Gasteiger partial charge in [0.2, 0.25) is 11.8 Å². The lowest BCUT2D eigenvalue weighted by Crippen LogP contribution is -2.34. The number of esters is 1. The summed E-state index contributed by atoms with van der Waals surface area (Å²) in [6.07, 6.45) is 5.46. The van der Waals surface area contributed by atoms with Crippen LogP contribution < -0.4 is 5.32 Å². The maximum atomic E-state index is 12.3. The van der Waals surface area contributed by atoms with Gasteiger partial charge in [0, 0.05) is 18.1 Å². The summed E-state index contributed by atoms with van der Waals surface area (Å²) in [5, 5.41) is 3.32. The van der Waals surface area contributed by atoms with Crippen molar-refractivity contribution in [2.75, 3.05) is 19.7 Å². The zero-order valence-electron chi connectivity index (χ0n) is 15.9. The molecule has 1 saturated heterocycles. The van der Waals surface area contributed by atoms with E-state index in [1.807, 2.05) is 24.3 Å². The second kappa shape index (κ2) is 9.69. The molecule has 3 rings (SSSR count). The summed E-state index contributed by atoms with van der Waals surface area (Å²) in [5.41, 5.74) is 1.03. The Labute approximate surface area is 174 Å². The van der Waals surface area contributed by atoms with Crippen molar-refractivity contribution in [2.45, 2.75) is 25.7 Å². The Morgan fingerprint density at radius 1 is 1.07 bits per heavy atom. The molecule has 0 radical (unpaired) electrons. The highest BCUT2D eigenvalue weighted by atomic mass is 35.5. The number of hydrogen-bond donors (Lipinski definition) is 1. The summed E-state index contributed by atoms with van der Waals surface area (Å²) in [6.45, 7) is 0.00378. The average Bonchev–Trinajstić information content (AvgIpc) is 2.97. The molecule has 2 atom stereocenters. The van der Waals surface area contributed by atoms with Crippen LogP contribution in [0.1, 0.15) is 24.8 Å². The van der Waals surface area contributed by atoms with E-state index in [1.165, 1.54) is 0 Å². The van der Waals surface area contributed by atoms with Crippen LogP contribution in [-0.2, 0) is 30.3 Å². The van der Waals surface area contributed by atoms with Crippen molar-refractivity contribution in [1.29, 1.82) is 0 Å². The number of likely N-dealkylation sites (tertiary alicyclic amines) is 1. The third-order valence-corrected chi connectivity index (χ3v) is 5.40. The smallest absolute Gasteiger partial charge is 0.308 e. The fraction of sp³-hybridized carbons (Fsp3) is 0.429. The number of nitrogens with zero attached hydrogens (tertiary/aromatic N) is 1. The minimum atomic E-state index is -0.619. The minimum Gasteiger partial charge on any atom is -0.456 e. The van der Waals surface area contributed by atoms with Crippen molar-refractivity contribution in [3.63, 3.8) is 0 Å². The highest BCUT2D eigenvalue weighted by Gasteiger charge is 2.46. The van der Waals surface area contributed by atoms with Crippen LogP contribution in [0.15, 0.2) is 36.4 Å². The fourth-order valence-corrected chi connectivity index (χ4v) is 3.69. The first-order valence-corrected chi connectivity index (χ1v) is 10.0. The van der Waals surface area contributed by atoms with Gasteiger partial charge in [-0.25, -0.2) is 0 Å². The van der Waals surface area contributed by atoms with Gasteiger partial charge in [-0.2, -0.15) is 0 Å². The Morgan fingerprint density at radius 3 is 2.31 bits per heavy atom. The molecule has 8 heteroatoms. The van der Waals surface area contributed by atoms with Crippen molar-refractivity contribution < 1.29 is 23.9 Å². The van der Waals surface area contributed by atoms with Crippen molar-refractivity contribution in [3.05, 3.63) is 47.0 Å². The molecule has 0 aromatic heterocycles. The summed E-state index contributed by atoms with van der Waals surface area (Å²) in [6, 6.07) is 7.31. The van der Waals surface area contributed by atoms with Gasteiger partial charge in [-0.3, -0.25) is 24.1 Å². The summed E-state index contributed by atoms with van der Waals surface area (Å²) in [4.78, 5) is 49.5. The highest BCUT2D eigenvalue weighted by Crippen LogP contribution is 2.34. The maximum Gasteiger partial charge on any atom is 0.308 e. The molecule has 0 unspecified atom stereocenters. The molecule has 1 fully saturated rings. The molecule has 1 N–H and O–H groups in total. The van der Waals surface area contributed by atoms with Gasteiger partial charge < -0.3 is 10.1 Å². The number of amides is 3. The number of halogens is 1. The molecule has 7 nitrogen and oxygen atoms in total. The normalized spacial score (nSPS) is 20.5. The second-order valence-electron chi connectivity index (χ2n) is 7.12. The summed E-state index contributed by atoms with van der Waals surface area (Å²) in [5.74, 6) is -2.09. The van der Waals surface area contributed by atoms with E-state index in [9.17, 15) is 19.2 Å². The van der Waals surface area contributed by atoms with Gasteiger partial charge in [-0.05, 0) is 37.0 Å². The summed E-state index contributed by atoms with van der Waals surface area (Å²) < 4.78 is 4.94. The molecule has 154 valence electrons. The van der Waals surface area contributed by atoms with Crippen molar-refractivity contribution in [2.24, 2.45) is 11.8 Å². The van der Waals surface area contributed by atoms with Crippen LogP contribution in [0.4, 0.5) is 0 Å². The molecule has 1 aliphatic heterocycles. The van der Waals surface area contributed by atoms with E-state index in [2.05, 4.69) is 5.32 Å². The van der Waals surface area contributed by atoms with E-state index < -0.39 is 18.5 Å². The van der Waals surface area contributed by atoms with E-state index in [0.29, 0.717) is 30.8 Å². The molecule has 1 aliphatic carbocycles. The van der Waals surface area contributed by atoms with Crippen LogP contribution in [-0.4, -0.2) is 48.3 Å². The highest BCUT2D eigenvalue weighted by molar-refractivity contribution is 6.30. The maximum absolute atomic E-state index is 12.3. The lowest BCUT2D eigenvalue weighted by atomic mass is 9.85. The molecule has 29 heavy (non-hydrogen) atoms. The van der Waals surface area contributed by atoms with Crippen molar-refractivity contribution in [3.8, 4) is 0 Å². The van der Waals surface area contributed by atoms with Crippen LogP contribution in [0.2, 0.25) is 5.02 Å². The molecule has 1 aromatic rings. The van der Waals surface area contributed by atoms with E-state index in [1.54, 1.807) is 12.1 Å². The molecule has 1 aromatic carbocycles. The van der Waals surface area contributed by atoms with Crippen LogP contribution in [0.3, 0.4) is 0 Å². The predicted octanol–water partition coefficient (Wildman–Crippen LogP) is 1.88.